The van der Waals surface area contributed by atoms with Crippen molar-refractivity contribution in [1.29, 1.82) is 0 Å². The van der Waals surface area contributed by atoms with Crippen LogP contribution >= 0.6 is 0 Å². The lowest BCUT2D eigenvalue weighted by molar-refractivity contribution is 0.605. The molecule has 0 saturated heterocycles. The fraction of sp³-hybridized carbons (Fsp3) is 0.412. The van der Waals surface area contributed by atoms with Crippen LogP contribution in [0, 0.1) is 11.5 Å². The van der Waals surface area contributed by atoms with E-state index < -0.39 is 8.07 Å². The Bertz CT molecular complexity index is 480. The van der Waals surface area contributed by atoms with Crippen molar-refractivity contribution >= 4 is 8.07 Å². The van der Waals surface area contributed by atoms with Gasteiger partial charge in [0.15, 0.2) is 0 Å². The maximum absolute atomic E-state index is 3.48. The molecule has 1 aliphatic carbocycles. The van der Waals surface area contributed by atoms with E-state index in [0.717, 1.165) is 6.42 Å². The molecule has 0 aromatic heterocycles. The van der Waals surface area contributed by atoms with E-state index in [-0.39, 0.29) is 0 Å². The summed E-state index contributed by atoms with van der Waals surface area (Å²) in [4.78, 5) is 0. The van der Waals surface area contributed by atoms with E-state index in [0.29, 0.717) is 5.92 Å². The van der Waals surface area contributed by atoms with Crippen molar-refractivity contribution in [3.63, 3.8) is 0 Å². The van der Waals surface area contributed by atoms with Crippen LogP contribution in [0.15, 0.2) is 42.0 Å². The Labute approximate surface area is 112 Å². The fourth-order valence-electron chi connectivity index (χ4n) is 2.29. The van der Waals surface area contributed by atoms with Crippen molar-refractivity contribution in [3.8, 4) is 11.5 Å². The summed E-state index contributed by atoms with van der Waals surface area (Å²) in [6, 6.07) is 10.9. The zero-order valence-electron chi connectivity index (χ0n) is 11.7. The topological polar surface area (TPSA) is 0 Å². The second-order valence-electron chi connectivity index (χ2n) is 6.12. The summed E-state index contributed by atoms with van der Waals surface area (Å²) in [5, 5.41) is 0. The molecule has 0 bridgehead atoms. The Morgan fingerprint density at radius 2 is 1.83 bits per heavy atom. The predicted molar refractivity (Wildman–Crippen MR) is 82.2 cm³/mol. The van der Waals surface area contributed by atoms with E-state index in [1.807, 2.05) is 0 Å². The van der Waals surface area contributed by atoms with Gasteiger partial charge in [0, 0.05) is 0 Å². The van der Waals surface area contributed by atoms with Crippen LogP contribution in [-0.2, 0) is 0 Å². The first kappa shape index (κ1) is 13.2. The SMILES string of the molecule is C[Si](C)(C)C#C[13C]1=[13CH]CCC(c2ccccc2)C1. The molecule has 1 aromatic rings. The second kappa shape index (κ2) is 5.59. The molecule has 0 aliphatic heterocycles. The third-order valence-electron chi connectivity index (χ3n) is 3.24. The molecular weight excluding hydrogens is 234 g/mol. The van der Waals surface area contributed by atoms with Crippen LogP contribution in [0.25, 0.3) is 0 Å². The van der Waals surface area contributed by atoms with Gasteiger partial charge >= 0.3 is 0 Å². The van der Waals surface area contributed by atoms with Crippen molar-refractivity contribution in [2.24, 2.45) is 0 Å². The molecule has 0 amide bonds. The number of benzene rings is 1. The molecule has 0 fully saturated rings. The Kier molecular flexibility index (Phi) is 4.09. The number of hydrogen-bond acceptors (Lipinski definition) is 0. The third-order valence-corrected chi connectivity index (χ3v) is 4.12. The first-order chi connectivity index (χ1) is 8.54. The number of rotatable bonds is 1. The second-order valence-corrected chi connectivity index (χ2v) is 10.9. The molecule has 0 heterocycles. The van der Waals surface area contributed by atoms with Crippen LogP contribution in [0.5, 0.6) is 0 Å². The average molecular weight is 256 g/mol. The molecule has 0 nitrogen and oxygen atoms in total. The van der Waals surface area contributed by atoms with Gasteiger partial charge in [-0.25, -0.2) is 0 Å². The van der Waals surface area contributed by atoms with Gasteiger partial charge in [0.25, 0.3) is 0 Å². The van der Waals surface area contributed by atoms with Gasteiger partial charge in [-0.3, -0.25) is 0 Å². The lowest BCUT2D eigenvalue weighted by Gasteiger charge is -2.21. The Hall–Kier alpha value is -1.26. The van der Waals surface area contributed by atoms with Crippen molar-refractivity contribution in [2.75, 3.05) is 0 Å². The van der Waals surface area contributed by atoms with E-state index >= 15 is 0 Å². The lowest BCUT2D eigenvalue weighted by atomic mass is 9.92. The number of hydrogen-bond donors (Lipinski definition) is 0. The minimum Gasteiger partial charge on any atom is -0.127 e. The quantitative estimate of drug-likeness (QED) is 0.386. The van der Waals surface area contributed by atoms with E-state index in [1.54, 1.807) is 0 Å². The van der Waals surface area contributed by atoms with Crippen molar-refractivity contribution in [2.45, 2.75) is 44.8 Å². The zero-order chi connectivity index (χ0) is 13.0. The molecule has 1 aliphatic rings. The van der Waals surface area contributed by atoms with E-state index in [9.17, 15) is 0 Å². The predicted octanol–water partition coefficient (Wildman–Crippen LogP) is 4.76. The van der Waals surface area contributed by atoms with E-state index in [4.69, 9.17) is 0 Å². The molecule has 1 unspecified atom stereocenters. The Morgan fingerprint density at radius 3 is 2.50 bits per heavy atom. The van der Waals surface area contributed by atoms with Gasteiger partial charge in [0.05, 0.1) is 0 Å². The summed E-state index contributed by atoms with van der Waals surface area (Å²) in [6.45, 7) is 6.91. The average Bonchev–Trinajstić information content (AvgIpc) is 2.37. The molecule has 2 rings (SSSR count). The highest BCUT2D eigenvalue weighted by atomic mass is 28.3. The molecule has 1 atom stereocenters. The van der Waals surface area contributed by atoms with Crippen molar-refractivity contribution < 1.29 is 0 Å². The Balaban J connectivity index is 2.09. The molecular formula is C17H22Si. The minimum atomic E-state index is -1.24. The van der Waals surface area contributed by atoms with Crippen molar-refractivity contribution in [3.05, 3.63) is 47.5 Å². The van der Waals surface area contributed by atoms with Gasteiger partial charge in [-0.15, -0.1) is 5.54 Å². The van der Waals surface area contributed by atoms with Crippen LogP contribution in [-0.4, -0.2) is 8.07 Å². The zero-order valence-corrected chi connectivity index (χ0v) is 12.7. The van der Waals surface area contributed by atoms with Crippen LogP contribution in [0.2, 0.25) is 19.6 Å². The minimum absolute atomic E-state index is 0.669. The molecule has 1 heteroatoms. The smallest absolute Gasteiger partial charge is 0.127 e. The highest BCUT2D eigenvalue weighted by Gasteiger charge is 2.16. The summed E-state index contributed by atoms with van der Waals surface area (Å²) in [7, 11) is -1.24. The van der Waals surface area contributed by atoms with Crippen molar-refractivity contribution in [1.82, 2.24) is 0 Å². The van der Waals surface area contributed by atoms with Gasteiger partial charge in [0.1, 0.15) is 8.07 Å². The monoisotopic (exact) mass is 256 g/mol. The van der Waals surface area contributed by atoms with Crippen LogP contribution in [0.4, 0.5) is 0 Å². The number of allylic oxidation sites excluding steroid dienone is 2. The highest BCUT2D eigenvalue weighted by Crippen LogP contribution is 2.32. The van der Waals surface area contributed by atoms with Gasteiger partial charge in [0.2, 0.25) is 0 Å². The molecule has 1 aromatic carbocycles. The first-order valence-corrected chi connectivity index (χ1v) is 10.3. The third kappa shape index (κ3) is 3.89. The maximum Gasteiger partial charge on any atom is 0.129 e. The van der Waals surface area contributed by atoms with E-state index in [2.05, 4.69) is 67.5 Å². The van der Waals surface area contributed by atoms with Gasteiger partial charge in [-0.1, -0.05) is 62.0 Å². The molecule has 18 heavy (non-hydrogen) atoms. The molecule has 0 N–H and O–H groups in total. The van der Waals surface area contributed by atoms with Crippen LogP contribution < -0.4 is 0 Å². The fourth-order valence-corrected chi connectivity index (χ4v) is 2.82. The van der Waals surface area contributed by atoms with Crippen LogP contribution in [0.1, 0.15) is 30.7 Å². The maximum atomic E-state index is 3.48. The van der Waals surface area contributed by atoms with Crippen LogP contribution in [0.3, 0.4) is 0 Å². The standard InChI is InChI=1S/C17H22Si/c1-18(2,3)13-12-15-8-7-11-17(14-15)16-9-5-4-6-10-16/h4-6,8-10,17H,7,11,14H2,1-3H3/i8+1,15+1. The molecule has 0 radical (unpaired) electrons. The molecule has 94 valence electrons. The highest BCUT2D eigenvalue weighted by molar-refractivity contribution is 6.83. The summed E-state index contributed by atoms with van der Waals surface area (Å²) in [5.74, 6) is 4.10. The van der Waals surface area contributed by atoms with Gasteiger partial charge in [-0.05, 0) is 36.3 Å². The van der Waals surface area contributed by atoms with E-state index in [1.165, 1.54) is 24.0 Å². The largest absolute Gasteiger partial charge is 0.129 e. The summed E-state index contributed by atoms with van der Waals surface area (Å²) in [5.41, 5.74) is 6.31. The molecule has 0 spiro atoms. The molecule has 0 saturated carbocycles. The summed E-state index contributed by atoms with van der Waals surface area (Å²) in [6.07, 6.45) is 5.91. The van der Waals surface area contributed by atoms with Gasteiger partial charge < -0.3 is 0 Å². The lowest BCUT2D eigenvalue weighted by Crippen LogP contribution is -2.16. The normalized spacial score (nSPS) is 19.7. The first-order valence-electron chi connectivity index (χ1n) is 6.82. The van der Waals surface area contributed by atoms with Gasteiger partial charge in [-0.2, -0.15) is 0 Å². The summed E-state index contributed by atoms with van der Waals surface area (Å²) < 4.78 is 0. The Morgan fingerprint density at radius 1 is 1.11 bits per heavy atom. The summed E-state index contributed by atoms with van der Waals surface area (Å²) >= 11 is 0.